The zero-order chi connectivity index (χ0) is 45.3. The molecule has 12 aromatic rings. The SMILES string of the molecule is Oc1ccc2ccccc2c1-c1c(O)ccc2ccccc12.[La].[Na+].[Na+].[O-]c1ccc2ccccc2c1-c1c(O)ccc2ccccc12.[O-]c1ccc2ccccc2c1-c1c(O)ccc2ccccc12. The Morgan fingerprint density at radius 2 is 0.391 bits per heavy atom. The molecule has 0 aliphatic heterocycles. The Bertz CT molecular complexity index is 3180. The number of phenolic OH excluding ortho intramolecular Hbond substituents is 4. The van der Waals surface area contributed by atoms with E-state index in [0.717, 1.165) is 64.6 Å². The Morgan fingerprint density at radius 3 is 0.623 bits per heavy atom. The molecule has 0 saturated heterocycles. The number of aromatic hydroxyl groups is 4. The summed E-state index contributed by atoms with van der Waals surface area (Å²) in [5.41, 5.74) is 3.69. The topological polar surface area (TPSA) is 127 Å². The molecule has 0 saturated carbocycles. The van der Waals surface area contributed by atoms with E-state index in [-0.39, 0.29) is 129 Å². The third-order valence-corrected chi connectivity index (χ3v) is 12.2. The molecule has 0 spiro atoms. The minimum atomic E-state index is -0.0784. The molecule has 0 bridgehead atoms. The second kappa shape index (κ2) is 22.3. The fourth-order valence-electron chi connectivity index (χ4n) is 9.11. The number of benzene rings is 12. The van der Waals surface area contributed by atoms with Crippen LogP contribution in [-0.4, -0.2) is 20.4 Å². The van der Waals surface area contributed by atoms with Crippen molar-refractivity contribution in [2.45, 2.75) is 0 Å². The van der Waals surface area contributed by atoms with Gasteiger partial charge in [0.15, 0.2) is 0 Å². The molecule has 0 aliphatic carbocycles. The quantitative estimate of drug-likeness (QED) is 0.133. The average molecular weight is 1040 g/mol. The van der Waals surface area contributed by atoms with E-state index in [2.05, 4.69) is 0 Å². The van der Waals surface area contributed by atoms with Crippen molar-refractivity contribution in [3.63, 3.8) is 0 Å². The van der Waals surface area contributed by atoms with Crippen LogP contribution < -0.4 is 69.3 Å². The molecule has 0 aromatic heterocycles. The van der Waals surface area contributed by atoms with Gasteiger partial charge in [0.25, 0.3) is 0 Å². The van der Waals surface area contributed by atoms with E-state index >= 15 is 0 Å². The number of fused-ring (bicyclic) bond motifs is 6. The average Bonchev–Trinajstić information content (AvgIpc) is 3.35. The Hall–Kier alpha value is -5.81. The summed E-state index contributed by atoms with van der Waals surface area (Å²) in [6.45, 7) is 0. The van der Waals surface area contributed by atoms with E-state index < -0.39 is 0 Å². The van der Waals surface area contributed by atoms with Crippen LogP contribution in [0.5, 0.6) is 34.5 Å². The van der Waals surface area contributed by atoms with Crippen LogP contribution in [0.3, 0.4) is 0 Å². The fraction of sp³-hybridized carbons (Fsp3) is 0. The molecule has 4 N–H and O–H groups in total. The summed E-state index contributed by atoms with van der Waals surface area (Å²) >= 11 is 0. The van der Waals surface area contributed by atoms with Gasteiger partial charge in [-0.1, -0.05) is 194 Å². The number of phenols is 4. The van der Waals surface area contributed by atoms with Crippen LogP contribution in [0.2, 0.25) is 0 Å². The van der Waals surface area contributed by atoms with Crippen LogP contribution >= 0.6 is 0 Å². The Balaban J connectivity index is 0.000000150. The molecule has 0 amide bonds. The Kier molecular flexibility index (Phi) is 16.5. The summed E-state index contributed by atoms with van der Waals surface area (Å²) in [5, 5.41) is 78.1. The van der Waals surface area contributed by atoms with Crippen molar-refractivity contribution in [2.24, 2.45) is 0 Å². The van der Waals surface area contributed by atoms with Gasteiger partial charge in [-0.05, 0) is 100 Å². The van der Waals surface area contributed by atoms with Crippen LogP contribution in [0.15, 0.2) is 218 Å². The molecule has 321 valence electrons. The molecule has 12 aromatic carbocycles. The van der Waals surface area contributed by atoms with E-state index in [4.69, 9.17) is 0 Å². The second-order valence-electron chi connectivity index (χ2n) is 16.0. The Morgan fingerprint density at radius 1 is 0.217 bits per heavy atom. The second-order valence-corrected chi connectivity index (χ2v) is 16.0. The minimum Gasteiger partial charge on any atom is -0.872 e. The molecule has 69 heavy (non-hydrogen) atoms. The number of hydrogen-bond acceptors (Lipinski definition) is 6. The maximum absolute atomic E-state index is 12.5. The zero-order valence-corrected chi connectivity index (χ0v) is 45.6. The zero-order valence-electron chi connectivity index (χ0n) is 38.0. The molecule has 1 radical (unpaired) electrons. The van der Waals surface area contributed by atoms with Gasteiger partial charge in [0, 0.05) is 57.9 Å². The molecule has 0 heterocycles. The molecule has 0 fully saturated rings. The van der Waals surface area contributed by atoms with Crippen LogP contribution in [-0.2, 0) is 0 Å². The van der Waals surface area contributed by atoms with E-state index in [1.54, 1.807) is 36.4 Å². The first-order valence-electron chi connectivity index (χ1n) is 21.5. The van der Waals surface area contributed by atoms with Crippen molar-refractivity contribution in [3.8, 4) is 67.9 Å². The van der Waals surface area contributed by atoms with E-state index in [1.807, 2.05) is 182 Å². The van der Waals surface area contributed by atoms with Gasteiger partial charge in [-0.3, -0.25) is 0 Å². The third kappa shape index (κ3) is 9.99. The summed E-state index contributed by atoms with van der Waals surface area (Å²) in [6.07, 6.45) is 0. The standard InChI is InChI=1S/3C20H14O2.La.2Na/c3*21-17-11-9-13-5-1-3-7-15(13)19(17)20-16-8-4-2-6-14(16)10-12-18(20)22;;;/h3*1-12,21-22H;;;/q;;;;2*+1/p-2. The molecule has 6 nitrogen and oxygen atoms in total. The Labute approximate surface area is 471 Å². The normalized spacial score (nSPS) is 10.6. The van der Waals surface area contributed by atoms with Crippen LogP contribution in [0.25, 0.3) is 98.0 Å². The van der Waals surface area contributed by atoms with Crippen molar-refractivity contribution in [1.29, 1.82) is 0 Å². The molecular formula is C60H40LaNa2O6. The predicted octanol–water partition coefficient (Wildman–Crippen LogP) is 7.96. The first kappa shape index (κ1) is 51.1. The summed E-state index contributed by atoms with van der Waals surface area (Å²) in [4.78, 5) is 0. The molecule has 0 atom stereocenters. The molecule has 12 rings (SSSR count). The van der Waals surface area contributed by atoms with Crippen LogP contribution in [0.4, 0.5) is 0 Å². The van der Waals surface area contributed by atoms with Gasteiger partial charge >= 0.3 is 59.1 Å². The van der Waals surface area contributed by atoms with Gasteiger partial charge in [0.2, 0.25) is 0 Å². The van der Waals surface area contributed by atoms with Crippen molar-refractivity contribution < 1.29 is 125 Å². The van der Waals surface area contributed by atoms with Crippen molar-refractivity contribution in [2.75, 3.05) is 0 Å². The predicted molar refractivity (Wildman–Crippen MR) is 266 cm³/mol. The van der Waals surface area contributed by atoms with Crippen LogP contribution in [0.1, 0.15) is 0 Å². The van der Waals surface area contributed by atoms with Gasteiger partial charge < -0.3 is 30.6 Å². The molecule has 0 unspecified atom stereocenters. The largest absolute Gasteiger partial charge is 1.00 e. The summed E-state index contributed by atoms with van der Waals surface area (Å²) in [7, 11) is 0. The number of hydrogen-bond donors (Lipinski definition) is 4. The van der Waals surface area contributed by atoms with Crippen molar-refractivity contribution in [1.82, 2.24) is 0 Å². The maximum atomic E-state index is 12.5. The van der Waals surface area contributed by atoms with Crippen molar-refractivity contribution >= 4 is 64.6 Å². The number of rotatable bonds is 3. The first-order valence-corrected chi connectivity index (χ1v) is 21.5. The monoisotopic (exact) mass is 1040 g/mol. The van der Waals surface area contributed by atoms with Gasteiger partial charge in [-0.25, -0.2) is 0 Å². The van der Waals surface area contributed by atoms with Crippen molar-refractivity contribution in [3.05, 3.63) is 218 Å². The van der Waals surface area contributed by atoms with E-state index in [9.17, 15) is 30.6 Å². The van der Waals surface area contributed by atoms with Gasteiger partial charge in [0.1, 0.15) is 23.0 Å². The minimum absolute atomic E-state index is 0. The maximum Gasteiger partial charge on any atom is 1.00 e. The van der Waals surface area contributed by atoms with Gasteiger partial charge in [-0.15, -0.1) is 11.5 Å². The molecule has 0 aliphatic rings. The molecule has 9 heteroatoms. The smallest absolute Gasteiger partial charge is 0.872 e. The molecular weight excluding hydrogens is 1000 g/mol. The first-order chi connectivity index (χ1) is 32.3. The fourth-order valence-corrected chi connectivity index (χ4v) is 9.11. The van der Waals surface area contributed by atoms with E-state index in [1.165, 1.54) is 0 Å². The summed E-state index contributed by atoms with van der Waals surface area (Å²) < 4.78 is 0. The van der Waals surface area contributed by atoms with E-state index in [0.29, 0.717) is 33.4 Å². The van der Waals surface area contributed by atoms with Crippen LogP contribution in [0, 0.1) is 35.6 Å². The third-order valence-electron chi connectivity index (χ3n) is 12.2. The van der Waals surface area contributed by atoms with Gasteiger partial charge in [-0.2, -0.15) is 0 Å². The summed E-state index contributed by atoms with van der Waals surface area (Å²) in [6, 6.07) is 67.7. The van der Waals surface area contributed by atoms with Gasteiger partial charge in [0.05, 0.1) is 0 Å². The summed E-state index contributed by atoms with van der Waals surface area (Å²) in [5.74, 6) is 0.450.